The summed E-state index contributed by atoms with van der Waals surface area (Å²) in [5.74, 6) is -1.16. The molecule has 0 saturated heterocycles. The Morgan fingerprint density at radius 2 is 2.10 bits per heavy atom. The second-order valence-electron chi connectivity index (χ2n) is 7.10. The zero-order chi connectivity index (χ0) is 15.4. The minimum atomic E-state index is -5.20. The maximum Gasteiger partial charge on any atom is 0.362 e. The molecule has 0 aliphatic heterocycles. The SMILES string of the molecule is CC(F)(C(=O)OC12CC3CC4C(=O)C(C1)C34C2)S(=O)(=O)O. The molecule has 0 radical (unpaired) electrons. The van der Waals surface area contributed by atoms with Crippen LogP contribution in [0.1, 0.15) is 32.6 Å². The van der Waals surface area contributed by atoms with Crippen LogP contribution in [0.15, 0.2) is 0 Å². The summed E-state index contributed by atoms with van der Waals surface area (Å²) in [7, 11) is -5.20. The number of hydrogen-bond donors (Lipinski definition) is 1. The third-order valence-electron chi connectivity index (χ3n) is 6.25. The normalized spacial score (nSPS) is 48.9. The number of esters is 1. The van der Waals surface area contributed by atoms with Gasteiger partial charge < -0.3 is 4.74 Å². The van der Waals surface area contributed by atoms with Gasteiger partial charge in [-0.2, -0.15) is 8.42 Å². The maximum absolute atomic E-state index is 14.0. The Balaban J connectivity index is 1.60. The van der Waals surface area contributed by atoms with Crippen molar-refractivity contribution in [2.75, 3.05) is 0 Å². The van der Waals surface area contributed by atoms with Crippen molar-refractivity contribution in [2.24, 2.45) is 23.2 Å². The van der Waals surface area contributed by atoms with Gasteiger partial charge in [-0.25, -0.2) is 9.18 Å². The zero-order valence-corrected chi connectivity index (χ0v) is 12.2. The molecular formula is C13H15FO6S. The lowest BCUT2D eigenvalue weighted by molar-refractivity contribution is -0.193. The van der Waals surface area contributed by atoms with Crippen LogP contribution in [0.2, 0.25) is 0 Å². The van der Waals surface area contributed by atoms with E-state index in [1.54, 1.807) is 0 Å². The molecule has 0 heterocycles. The van der Waals surface area contributed by atoms with Gasteiger partial charge >= 0.3 is 21.1 Å². The minimum Gasteiger partial charge on any atom is -0.456 e. The van der Waals surface area contributed by atoms with E-state index in [2.05, 4.69) is 0 Å². The van der Waals surface area contributed by atoms with E-state index >= 15 is 0 Å². The molecule has 1 spiro atoms. The number of ether oxygens (including phenoxy) is 1. The van der Waals surface area contributed by atoms with Gasteiger partial charge in [0.2, 0.25) is 0 Å². The van der Waals surface area contributed by atoms with E-state index in [4.69, 9.17) is 9.29 Å². The highest BCUT2D eigenvalue weighted by atomic mass is 32.2. The first-order valence-electron chi connectivity index (χ1n) is 6.97. The smallest absolute Gasteiger partial charge is 0.362 e. The van der Waals surface area contributed by atoms with Crippen molar-refractivity contribution in [2.45, 2.75) is 43.2 Å². The van der Waals surface area contributed by atoms with Gasteiger partial charge in [0.25, 0.3) is 0 Å². The van der Waals surface area contributed by atoms with E-state index in [1.165, 1.54) is 0 Å². The number of rotatable bonds is 3. The fourth-order valence-electron chi connectivity index (χ4n) is 5.24. The number of carbonyl (C=O) groups excluding carboxylic acids is 2. The van der Waals surface area contributed by atoms with Crippen molar-refractivity contribution in [1.29, 1.82) is 0 Å². The van der Waals surface area contributed by atoms with Crippen molar-refractivity contribution >= 4 is 21.9 Å². The molecule has 0 aromatic carbocycles. The molecule has 0 amide bonds. The lowest BCUT2D eigenvalue weighted by Gasteiger charge is -2.64. The number of alkyl halides is 1. The number of fused-ring (bicyclic) bond motifs is 1. The molecule has 6 unspecified atom stereocenters. The summed E-state index contributed by atoms with van der Waals surface area (Å²) in [6.45, 7) is 0.473. The molecule has 0 aromatic rings. The lowest BCUT2D eigenvalue weighted by atomic mass is 9.38. The van der Waals surface area contributed by atoms with Gasteiger partial charge in [0.15, 0.2) is 0 Å². The van der Waals surface area contributed by atoms with Crippen LogP contribution in [-0.4, -0.2) is 35.3 Å². The van der Waals surface area contributed by atoms with Crippen LogP contribution in [0.4, 0.5) is 4.39 Å². The largest absolute Gasteiger partial charge is 0.456 e. The molecule has 6 nitrogen and oxygen atoms in total. The van der Waals surface area contributed by atoms with Crippen LogP contribution >= 0.6 is 0 Å². The molecule has 4 rings (SSSR count). The summed E-state index contributed by atoms with van der Waals surface area (Å²) in [6, 6.07) is 0. The van der Waals surface area contributed by atoms with E-state index in [0.29, 0.717) is 32.1 Å². The first-order valence-corrected chi connectivity index (χ1v) is 8.41. The summed E-state index contributed by atoms with van der Waals surface area (Å²) in [5, 5.41) is -3.48. The summed E-state index contributed by atoms with van der Waals surface area (Å²) in [4.78, 5) is 23.8. The highest BCUT2D eigenvalue weighted by molar-refractivity contribution is 7.87. The lowest BCUT2D eigenvalue weighted by Crippen LogP contribution is -2.66. The van der Waals surface area contributed by atoms with Crippen LogP contribution in [0.5, 0.6) is 0 Å². The van der Waals surface area contributed by atoms with Gasteiger partial charge in [-0.1, -0.05) is 0 Å². The Labute approximate surface area is 120 Å². The summed E-state index contributed by atoms with van der Waals surface area (Å²) < 4.78 is 49.9. The third-order valence-corrected chi connectivity index (χ3v) is 7.38. The monoisotopic (exact) mass is 318 g/mol. The second kappa shape index (κ2) is 3.32. The Bertz CT molecular complexity index is 685. The summed E-state index contributed by atoms with van der Waals surface area (Å²) in [5.41, 5.74) is -1.02. The second-order valence-corrected chi connectivity index (χ2v) is 8.82. The number of hydrogen-bond acceptors (Lipinski definition) is 5. The molecule has 8 heteroatoms. The average molecular weight is 318 g/mol. The molecule has 0 aromatic heterocycles. The molecule has 4 saturated carbocycles. The first-order chi connectivity index (χ1) is 9.54. The van der Waals surface area contributed by atoms with E-state index < -0.39 is 26.7 Å². The molecule has 4 fully saturated rings. The predicted molar refractivity (Wildman–Crippen MR) is 66.3 cm³/mol. The predicted octanol–water partition coefficient (Wildman–Crippen LogP) is 0.861. The summed E-state index contributed by atoms with van der Waals surface area (Å²) >= 11 is 0. The van der Waals surface area contributed by atoms with E-state index in [-0.39, 0.29) is 23.0 Å². The van der Waals surface area contributed by atoms with Gasteiger partial charge in [-0.15, -0.1) is 0 Å². The van der Waals surface area contributed by atoms with Crippen LogP contribution in [0.25, 0.3) is 0 Å². The average Bonchev–Trinajstić information content (AvgIpc) is 2.80. The molecule has 1 N–H and O–H groups in total. The Kier molecular flexibility index (Phi) is 2.16. The molecule has 2 bridgehead atoms. The van der Waals surface area contributed by atoms with Crippen LogP contribution in [-0.2, 0) is 24.4 Å². The van der Waals surface area contributed by atoms with Crippen molar-refractivity contribution in [3.63, 3.8) is 0 Å². The van der Waals surface area contributed by atoms with Gasteiger partial charge in [0, 0.05) is 11.8 Å². The van der Waals surface area contributed by atoms with Crippen molar-refractivity contribution in [3.05, 3.63) is 0 Å². The van der Waals surface area contributed by atoms with Gasteiger partial charge in [0.1, 0.15) is 11.4 Å². The molecule has 4 aliphatic carbocycles. The van der Waals surface area contributed by atoms with E-state index in [1.807, 2.05) is 0 Å². The molecule has 116 valence electrons. The van der Waals surface area contributed by atoms with Crippen molar-refractivity contribution in [3.8, 4) is 0 Å². The third kappa shape index (κ3) is 1.30. The molecule has 21 heavy (non-hydrogen) atoms. The van der Waals surface area contributed by atoms with Gasteiger partial charge in [-0.05, 0) is 43.9 Å². The van der Waals surface area contributed by atoms with Crippen LogP contribution in [0, 0.1) is 23.2 Å². The van der Waals surface area contributed by atoms with Crippen LogP contribution in [0.3, 0.4) is 0 Å². The zero-order valence-electron chi connectivity index (χ0n) is 11.3. The maximum atomic E-state index is 14.0. The highest BCUT2D eigenvalue weighted by Gasteiger charge is 2.83. The Hall–Kier alpha value is -1.02. The summed E-state index contributed by atoms with van der Waals surface area (Å²) in [6.07, 6.45) is 2.21. The minimum absolute atomic E-state index is 0.0499. The van der Waals surface area contributed by atoms with Gasteiger partial charge in [0.05, 0.1) is 0 Å². The quantitative estimate of drug-likeness (QED) is 0.612. The van der Waals surface area contributed by atoms with E-state index in [9.17, 15) is 22.4 Å². The van der Waals surface area contributed by atoms with E-state index in [0.717, 1.165) is 6.42 Å². The first kappa shape index (κ1) is 13.6. The number of halogens is 1. The van der Waals surface area contributed by atoms with Crippen molar-refractivity contribution < 1.29 is 31.7 Å². The topological polar surface area (TPSA) is 97.7 Å². The number of Topliss-reactive ketones (excluding diaryl/α,β-unsaturated/α-hetero) is 1. The highest BCUT2D eigenvalue weighted by Crippen LogP contribution is 2.81. The fourth-order valence-corrected chi connectivity index (χ4v) is 5.49. The van der Waals surface area contributed by atoms with Crippen LogP contribution < -0.4 is 0 Å². The Morgan fingerprint density at radius 3 is 2.67 bits per heavy atom. The molecule has 6 atom stereocenters. The van der Waals surface area contributed by atoms with Crippen molar-refractivity contribution in [1.82, 2.24) is 0 Å². The molecular weight excluding hydrogens is 303 g/mol. The fraction of sp³-hybridized carbons (Fsp3) is 0.846. The molecule has 4 aliphatic rings. The number of ketones is 1. The number of carbonyl (C=O) groups is 2. The van der Waals surface area contributed by atoms with Gasteiger partial charge in [-0.3, -0.25) is 9.35 Å². The standard InChI is InChI=1S/C13H15FO6S/c1-11(14,21(17,18)19)10(16)20-12-3-6-2-7-9(15)8(4-12)13(6,7)5-12/h6-8H,2-5H2,1H3,(H,17,18,19). The Morgan fingerprint density at radius 1 is 1.43 bits per heavy atom.